The molecule has 2 atom stereocenters. The number of hydrogen-bond acceptors (Lipinski definition) is 3. The minimum atomic E-state index is -0.580. The first-order valence-corrected chi connectivity index (χ1v) is 7.82. The fourth-order valence-electron chi connectivity index (χ4n) is 3.31. The first-order chi connectivity index (χ1) is 10.1. The normalized spacial score (nSPS) is 20.7. The van der Waals surface area contributed by atoms with E-state index in [-0.39, 0.29) is 6.04 Å². The fourth-order valence-corrected chi connectivity index (χ4v) is 3.31. The van der Waals surface area contributed by atoms with Crippen molar-refractivity contribution in [1.82, 2.24) is 9.88 Å². The molecule has 2 heterocycles. The monoisotopic (exact) mass is 287 g/mol. The molecule has 1 saturated heterocycles. The molecule has 0 bridgehead atoms. The standard InChI is InChI=1S/C17H25N3O/c1-20-8-5-12(6-9-20)10-15(18)17(21)14-2-3-16-13(11-14)4-7-19-16/h2-4,7,11-12,15,17,19,21H,5-6,8-10,18H2,1H3. The number of aliphatic hydroxyl groups is 1. The van der Waals surface area contributed by atoms with Crippen LogP contribution in [0.4, 0.5) is 0 Å². The van der Waals surface area contributed by atoms with Gasteiger partial charge in [-0.3, -0.25) is 0 Å². The highest BCUT2D eigenvalue weighted by molar-refractivity contribution is 5.80. The van der Waals surface area contributed by atoms with Gasteiger partial charge in [-0.25, -0.2) is 0 Å². The summed E-state index contributed by atoms with van der Waals surface area (Å²) < 4.78 is 0. The van der Waals surface area contributed by atoms with Gasteiger partial charge in [-0.05, 0) is 74.5 Å². The molecule has 1 aliphatic rings. The molecule has 0 amide bonds. The Labute approximate surface area is 125 Å². The summed E-state index contributed by atoms with van der Waals surface area (Å²) in [7, 11) is 2.16. The first-order valence-electron chi connectivity index (χ1n) is 7.82. The molecule has 114 valence electrons. The number of benzene rings is 1. The summed E-state index contributed by atoms with van der Waals surface area (Å²) in [5.74, 6) is 0.641. The van der Waals surface area contributed by atoms with Crippen molar-refractivity contribution in [2.75, 3.05) is 20.1 Å². The maximum atomic E-state index is 10.5. The van der Waals surface area contributed by atoms with Crippen LogP contribution < -0.4 is 5.73 Å². The van der Waals surface area contributed by atoms with E-state index in [1.54, 1.807) is 0 Å². The second-order valence-electron chi connectivity index (χ2n) is 6.42. The number of aromatic amines is 1. The Kier molecular flexibility index (Phi) is 4.29. The maximum Gasteiger partial charge on any atom is 0.0941 e. The van der Waals surface area contributed by atoms with Crippen molar-refractivity contribution in [2.24, 2.45) is 11.7 Å². The zero-order valence-corrected chi connectivity index (χ0v) is 12.6. The molecule has 1 aromatic heterocycles. The van der Waals surface area contributed by atoms with E-state index in [1.807, 2.05) is 30.5 Å². The number of rotatable bonds is 4. The largest absolute Gasteiger partial charge is 0.387 e. The molecular weight excluding hydrogens is 262 g/mol. The molecule has 0 aliphatic carbocycles. The van der Waals surface area contributed by atoms with Gasteiger partial charge in [-0.1, -0.05) is 6.07 Å². The topological polar surface area (TPSA) is 65.3 Å². The number of aromatic nitrogens is 1. The Balaban J connectivity index is 1.64. The van der Waals surface area contributed by atoms with Crippen LogP contribution >= 0.6 is 0 Å². The van der Waals surface area contributed by atoms with Gasteiger partial charge >= 0.3 is 0 Å². The van der Waals surface area contributed by atoms with E-state index in [0.29, 0.717) is 5.92 Å². The number of nitrogens with one attached hydrogen (secondary N) is 1. The molecule has 1 fully saturated rings. The lowest BCUT2D eigenvalue weighted by Crippen LogP contribution is -2.36. The number of likely N-dealkylation sites (tertiary alicyclic amines) is 1. The number of nitrogens with two attached hydrogens (primary N) is 1. The fraction of sp³-hybridized carbons (Fsp3) is 0.529. The van der Waals surface area contributed by atoms with Crippen LogP contribution in [0.25, 0.3) is 10.9 Å². The molecule has 0 radical (unpaired) electrons. The third kappa shape index (κ3) is 3.28. The molecule has 2 aromatic rings. The van der Waals surface area contributed by atoms with Gasteiger partial charge in [0.2, 0.25) is 0 Å². The Bertz CT molecular complexity index is 586. The molecule has 21 heavy (non-hydrogen) atoms. The molecule has 0 spiro atoms. The van der Waals surface area contributed by atoms with Crippen molar-refractivity contribution in [3.63, 3.8) is 0 Å². The van der Waals surface area contributed by atoms with Gasteiger partial charge in [0, 0.05) is 17.8 Å². The Morgan fingerprint density at radius 3 is 2.86 bits per heavy atom. The van der Waals surface area contributed by atoms with Gasteiger partial charge in [0.05, 0.1) is 6.10 Å². The second-order valence-corrected chi connectivity index (χ2v) is 6.42. The molecular formula is C17H25N3O. The van der Waals surface area contributed by atoms with Gasteiger partial charge in [0.15, 0.2) is 0 Å². The van der Waals surface area contributed by atoms with Gasteiger partial charge in [0.25, 0.3) is 0 Å². The summed E-state index contributed by atoms with van der Waals surface area (Å²) in [6.45, 7) is 2.28. The van der Waals surface area contributed by atoms with Crippen molar-refractivity contribution < 1.29 is 5.11 Å². The highest BCUT2D eigenvalue weighted by Crippen LogP contribution is 2.27. The average molecular weight is 287 g/mol. The molecule has 1 aliphatic heterocycles. The lowest BCUT2D eigenvalue weighted by Gasteiger charge is -2.31. The number of aliphatic hydroxyl groups excluding tert-OH is 1. The van der Waals surface area contributed by atoms with Crippen molar-refractivity contribution >= 4 is 10.9 Å². The van der Waals surface area contributed by atoms with E-state index in [2.05, 4.69) is 16.9 Å². The van der Waals surface area contributed by atoms with Crippen LogP contribution in [0, 0.1) is 5.92 Å². The minimum absolute atomic E-state index is 0.185. The van der Waals surface area contributed by atoms with Crippen molar-refractivity contribution in [3.8, 4) is 0 Å². The van der Waals surface area contributed by atoms with E-state index >= 15 is 0 Å². The van der Waals surface area contributed by atoms with Crippen molar-refractivity contribution in [2.45, 2.75) is 31.4 Å². The van der Waals surface area contributed by atoms with Gasteiger partial charge in [-0.15, -0.1) is 0 Å². The van der Waals surface area contributed by atoms with Crippen LogP contribution in [0.2, 0.25) is 0 Å². The summed E-state index contributed by atoms with van der Waals surface area (Å²) in [6, 6.07) is 7.85. The predicted octanol–water partition coefficient (Wildman–Crippen LogP) is 2.26. The maximum absolute atomic E-state index is 10.5. The number of hydrogen-bond donors (Lipinski definition) is 3. The average Bonchev–Trinajstić information content (AvgIpc) is 2.96. The van der Waals surface area contributed by atoms with Crippen LogP contribution in [0.15, 0.2) is 30.5 Å². The van der Waals surface area contributed by atoms with E-state index in [1.165, 1.54) is 12.8 Å². The predicted molar refractivity (Wildman–Crippen MR) is 86.1 cm³/mol. The number of fused-ring (bicyclic) bond motifs is 1. The summed E-state index contributed by atoms with van der Waals surface area (Å²) in [6.07, 6.45) is 4.62. The molecule has 3 rings (SSSR count). The van der Waals surface area contributed by atoms with E-state index in [4.69, 9.17) is 5.73 Å². The summed E-state index contributed by atoms with van der Waals surface area (Å²) in [5.41, 5.74) is 8.27. The minimum Gasteiger partial charge on any atom is -0.387 e. The van der Waals surface area contributed by atoms with Crippen LogP contribution in [0.1, 0.15) is 30.9 Å². The molecule has 4 heteroatoms. The Morgan fingerprint density at radius 1 is 1.33 bits per heavy atom. The lowest BCUT2D eigenvalue weighted by atomic mass is 9.87. The molecule has 0 saturated carbocycles. The quantitative estimate of drug-likeness (QED) is 0.808. The second kappa shape index (κ2) is 6.18. The Hall–Kier alpha value is -1.36. The molecule has 2 unspecified atom stereocenters. The summed E-state index contributed by atoms with van der Waals surface area (Å²) in [4.78, 5) is 5.53. The van der Waals surface area contributed by atoms with E-state index in [9.17, 15) is 5.11 Å². The molecule has 1 aromatic carbocycles. The molecule has 4 nitrogen and oxygen atoms in total. The number of piperidine rings is 1. The SMILES string of the molecule is CN1CCC(CC(N)C(O)c2ccc3[nH]ccc3c2)CC1. The number of nitrogens with zero attached hydrogens (tertiary/aromatic N) is 1. The van der Waals surface area contributed by atoms with Crippen LogP contribution in [0.5, 0.6) is 0 Å². The summed E-state index contributed by atoms with van der Waals surface area (Å²) >= 11 is 0. The zero-order chi connectivity index (χ0) is 14.8. The zero-order valence-electron chi connectivity index (χ0n) is 12.6. The van der Waals surface area contributed by atoms with Crippen molar-refractivity contribution in [1.29, 1.82) is 0 Å². The first kappa shape index (κ1) is 14.6. The Morgan fingerprint density at radius 2 is 2.10 bits per heavy atom. The van der Waals surface area contributed by atoms with Crippen molar-refractivity contribution in [3.05, 3.63) is 36.0 Å². The van der Waals surface area contributed by atoms with E-state index in [0.717, 1.165) is 36.0 Å². The lowest BCUT2D eigenvalue weighted by molar-refractivity contribution is 0.120. The van der Waals surface area contributed by atoms with Crippen LogP contribution in [0.3, 0.4) is 0 Å². The highest BCUT2D eigenvalue weighted by atomic mass is 16.3. The third-order valence-corrected chi connectivity index (χ3v) is 4.77. The van der Waals surface area contributed by atoms with Gasteiger partial charge < -0.3 is 20.7 Å². The van der Waals surface area contributed by atoms with Gasteiger partial charge in [0.1, 0.15) is 0 Å². The molecule has 4 N–H and O–H groups in total. The van der Waals surface area contributed by atoms with Crippen LogP contribution in [-0.2, 0) is 0 Å². The summed E-state index contributed by atoms with van der Waals surface area (Å²) in [5, 5.41) is 11.6. The smallest absolute Gasteiger partial charge is 0.0941 e. The highest BCUT2D eigenvalue weighted by Gasteiger charge is 2.24. The van der Waals surface area contributed by atoms with Gasteiger partial charge in [-0.2, -0.15) is 0 Å². The number of H-pyrrole nitrogens is 1. The third-order valence-electron chi connectivity index (χ3n) is 4.77. The van der Waals surface area contributed by atoms with E-state index < -0.39 is 6.10 Å². The van der Waals surface area contributed by atoms with Crippen LogP contribution in [-0.4, -0.2) is 41.2 Å².